The third kappa shape index (κ3) is 3.23. The summed E-state index contributed by atoms with van der Waals surface area (Å²) in [6.45, 7) is 6.63. The molecule has 0 radical (unpaired) electrons. The topological polar surface area (TPSA) is 58.6 Å². The summed E-state index contributed by atoms with van der Waals surface area (Å²) in [5.41, 5.74) is -0.125. The zero-order valence-corrected chi connectivity index (χ0v) is 11.4. The average molecular weight is 251 g/mol. The van der Waals surface area contributed by atoms with Crippen molar-refractivity contribution in [2.45, 2.75) is 26.3 Å². The maximum absolute atomic E-state index is 12.0. The lowest BCUT2D eigenvalue weighted by Crippen LogP contribution is -2.48. The third-order valence-corrected chi connectivity index (χ3v) is 2.90. The van der Waals surface area contributed by atoms with Crippen LogP contribution in [-0.4, -0.2) is 24.7 Å². The Hall–Kier alpha value is -1.55. The van der Waals surface area contributed by atoms with Gasteiger partial charge in [0.25, 0.3) is 0 Å². The summed E-state index contributed by atoms with van der Waals surface area (Å²) in [6.07, 6.45) is 0. The molecule has 18 heavy (non-hydrogen) atoms. The Kier molecular flexibility index (Phi) is 4.73. The van der Waals surface area contributed by atoms with Crippen molar-refractivity contribution in [3.8, 4) is 5.75 Å². The molecule has 0 fully saturated rings. The SMILES string of the molecule is COC(=O)C(C)(NCC(C)C)c1ccc(O)cc1. The lowest BCUT2D eigenvalue weighted by atomic mass is 9.91. The first-order valence-electron chi connectivity index (χ1n) is 6.03. The summed E-state index contributed by atoms with van der Waals surface area (Å²) in [5.74, 6) is 0.259. The molecule has 0 heterocycles. The number of hydrogen-bond donors (Lipinski definition) is 2. The number of nitrogens with one attached hydrogen (secondary N) is 1. The molecule has 0 aromatic heterocycles. The summed E-state index contributed by atoms with van der Waals surface area (Å²) in [6, 6.07) is 6.57. The van der Waals surface area contributed by atoms with E-state index in [9.17, 15) is 9.90 Å². The van der Waals surface area contributed by atoms with Crippen LogP contribution in [0.15, 0.2) is 24.3 Å². The molecular formula is C14H21NO3. The number of aromatic hydroxyl groups is 1. The molecule has 100 valence electrons. The first kappa shape index (κ1) is 14.5. The summed E-state index contributed by atoms with van der Waals surface area (Å²) < 4.78 is 4.87. The van der Waals surface area contributed by atoms with Gasteiger partial charge in [0.05, 0.1) is 7.11 Å². The molecule has 4 nitrogen and oxygen atoms in total. The van der Waals surface area contributed by atoms with E-state index in [0.717, 1.165) is 5.56 Å². The summed E-state index contributed by atoms with van der Waals surface area (Å²) in [7, 11) is 1.37. The minimum atomic E-state index is -0.896. The van der Waals surface area contributed by atoms with E-state index in [1.54, 1.807) is 31.2 Å². The van der Waals surface area contributed by atoms with Crippen molar-refractivity contribution in [2.75, 3.05) is 13.7 Å². The van der Waals surface area contributed by atoms with Crippen LogP contribution < -0.4 is 5.32 Å². The number of esters is 1. The van der Waals surface area contributed by atoms with Crippen LogP contribution in [0, 0.1) is 5.92 Å². The largest absolute Gasteiger partial charge is 0.508 e. The molecular weight excluding hydrogens is 230 g/mol. The molecule has 1 unspecified atom stereocenters. The van der Waals surface area contributed by atoms with Gasteiger partial charge in [-0.2, -0.15) is 0 Å². The fourth-order valence-electron chi connectivity index (χ4n) is 1.70. The molecule has 0 spiro atoms. The Balaban J connectivity index is 3.03. The molecule has 4 heteroatoms. The van der Waals surface area contributed by atoms with Gasteiger partial charge in [0.1, 0.15) is 11.3 Å². The summed E-state index contributed by atoms with van der Waals surface area (Å²) >= 11 is 0. The van der Waals surface area contributed by atoms with E-state index in [1.807, 2.05) is 0 Å². The number of carbonyl (C=O) groups excluding carboxylic acids is 1. The highest BCUT2D eigenvalue weighted by Gasteiger charge is 2.35. The number of ether oxygens (including phenoxy) is 1. The van der Waals surface area contributed by atoms with Crippen LogP contribution >= 0.6 is 0 Å². The number of carbonyl (C=O) groups is 1. The molecule has 1 rings (SSSR count). The Bertz CT molecular complexity index is 400. The van der Waals surface area contributed by atoms with Crippen LogP contribution in [0.25, 0.3) is 0 Å². The fraction of sp³-hybridized carbons (Fsp3) is 0.500. The number of hydrogen-bond acceptors (Lipinski definition) is 4. The van der Waals surface area contributed by atoms with Crippen molar-refractivity contribution in [1.29, 1.82) is 0 Å². The quantitative estimate of drug-likeness (QED) is 0.786. The van der Waals surface area contributed by atoms with Gasteiger partial charge in [-0.25, -0.2) is 4.79 Å². The fourth-order valence-corrected chi connectivity index (χ4v) is 1.70. The van der Waals surface area contributed by atoms with Crippen molar-refractivity contribution in [3.63, 3.8) is 0 Å². The number of rotatable bonds is 5. The lowest BCUT2D eigenvalue weighted by molar-refractivity contribution is -0.148. The smallest absolute Gasteiger partial charge is 0.330 e. The molecule has 1 aromatic rings. The van der Waals surface area contributed by atoms with Crippen LogP contribution in [0.2, 0.25) is 0 Å². The van der Waals surface area contributed by atoms with E-state index in [2.05, 4.69) is 19.2 Å². The van der Waals surface area contributed by atoms with Crippen molar-refractivity contribution in [3.05, 3.63) is 29.8 Å². The van der Waals surface area contributed by atoms with Gasteiger partial charge in [0, 0.05) is 0 Å². The molecule has 0 aliphatic rings. The molecule has 0 aliphatic heterocycles. The van der Waals surface area contributed by atoms with Crippen LogP contribution in [0.5, 0.6) is 5.75 Å². The van der Waals surface area contributed by atoms with Gasteiger partial charge in [0.2, 0.25) is 0 Å². The predicted octanol–water partition coefficient (Wildman–Crippen LogP) is 2.03. The van der Waals surface area contributed by atoms with E-state index < -0.39 is 5.54 Å². The van der Waals surface area contributed by atoms with Crippen molar-refractivity contribution < 1.29 is 14.6 Å². The summed E-state index contributed by atoms with van der Waals surface area (Å²) in [5, 5.41) is 12.5. The number of phenolic OH excluding ortho intramolecular Hbond substituents is 1. The number of methoxy groups -OCH3 is 1. The van der Waals surface area contributed by atoms with Crippen molar-refractivity contribution >= 4 is 5.97 Å². The summed E-state index contributed by atoms with van der Waals surface area (Å²) in [4.78, 5) is 12.0. The Morgan fingerprint density at radius 2 is 1.94 bits per heavy atom. The lowest BCUT2D eigenvalue weighted by Gasteiger charge is -2.29. The third-order valence-electron chi connectivity index (χ3n) is 2.90. The zero-order chi connectivity index (χ0) is 13.8. The maximum Gasteiger partial charge on any atom is 0.330 e. The zero-order valence-electron chi connectivity index (χ0n) is 11.4. The Morgan fingerprint density at radius 3 is 2.39 bits per heavy atom. The minimum Gasteiger partial charge on any atom is -0.508 e. The normalized spacial score (nSPS) is 14.3. The van der Waals surface area contributed by atoms with Crippen LogP contribution in [-0.2, 0) is 15.1 Å². The molecule has 0 aliphatic carbocycles. The van der Waals surface area contributed by atoms with E-state index >= 15 is 0 Å². The van der Waals surface area contributed by atoms with Crippen LogP contribution in [0.3, 0.4) is 0 Å². The molecule has 2 N–H and O–H groups in total. The second kappa shape index (κ2) is 5.87. The van der Waals surface area contributed by atoms with Gasteiger partial charge in [-0.3, -0.25) is 5.32 Å². The monoisotopic (exact) mass is 251 g/mol. The van der Waals surface area contributed by atoms with E-state index in [-0.39, 0.29) is 11.7 Å². The van der Waals surface area contributed by atoms with E-state index in [0.29, 0.717) is 12.5 Å². The molecule has 0 amide bonds. The second-order valence-corrected chi connectivity index (χ2v) is 4.94. The van der Waals surface area contributed by atoms with Crippen LogP contribution in [0.4, 0.5) is 0 Å². The molecule has 0 saturated carbocycles. The molecule has 1 atom stereocenters. The second-order valence-electron chi connectivity index (χ2n) is 4.94. The number of benzene rings is 1. The Labute approximate surface area is 108 Å². The van der Waals surface area contributed by atoms with E-state index in [4.69, 9.17) is 4.74 Å². The van der Waals surface area contributed by atoms with Crippen LogP contribution in [0.1, 0.15) is 26.3 Å². The predicted molar refractivity (Wildman–Crippen MR) is 70.3 cm³/mol. The van der Waals surface area contributed by atoms with Crippen molar-refractivity contribution in [1.82, 2.24) is 5.32 Å². The molecule has 0 bridgehead atoms. The number of phenols is 1. The van der Waals surface area contributed by atoms with Gasteiger partial charge < -0.3 is 9.84 Å². The van der Waals surface area contributed by atoms with Gasteiger partial charge in [0.15, 0.2) is 0 Å². The first-order valence-corrected chi connectivity index (χ1v) is 6.03. The first-order chi connectivity index (χ1) is 8.40. The maximum atomic E-state index is 12.0. The minimum absolute atomic E-state index is 0.176. The average Bonchev–Trinajstić information content (AvgIpc) is 2.35. The highest BCUT2D eigenvalue weighted by atomic mass is 16.5. The van der Waals surface area contributed by atoms with Crippen molar-refractivity contribution in [2.24, 2.45) is 5.92 Å². The standard InChI is InChI=1S/C14H21NO3/c1-10(2)9-15-14(3,13(17)18-4)11-5-7-12(16)8-6-11/h5-8,10,15-16H,9H2,1-4H3. The van der Waals surface area contributed by atoms with Gasteiger partial charge in [-0.15, -0.1) is 0 Å². The molecule has 0 saturated heterocycles. The van der Waals surface area contributed by atoms with Gasteiger partial charge >= 0.3 is 5.97 Å². The van der Waals surface area contributed by atoms with E-state index in [1.165, 1.54) is 7.11 Å². The molecule has 1 aromatic carbocycles. The van der Waals surface area contributed by atoms with Gasteiger partial charge in [-0.05, 0) is 37.1 Å². The van der Waals surface area contributed by atoms with Gasteiger partial charge in [-0.1, -0.05) is 26.0 Å². The highest BCUT2D eigenvalue weighted by molar-refractivity contribution is 5.82. The highest BCUT2D eigenvalue weighted by Crippen LogP contribution is 2.24. The Morgan fingerprint density at radius 1 is 1.39 bits per heavy atom.